The van der Waals surface area contributed by atoms with Gasteiger partial charge in [-0.05, 0) is 13.8 Å². The Kier molecular flexibility index (Phi) is 40.9. The second-order valence-electron chi connectivity index (χ2n) is 1.43. The summed E-state index contributed by atoms with van der Waals surface area (Å²) in [6, 6.07) is 0. The number of hydrogen-bond acceptors (Lipinski definition) is 6. The van der Waals surface area contributed by atoms with Gasteiger partial charge in [0.25, 0.3) is 0 Å². The molecule has 6 nitrogen and oxygen atoms in total. The third-order valence-electron chi connectivity index (χ3n) is 0.1000. The Morgan fingerprint density at radius 3 is 1.08 bits per heavy atom. The maximum absolute atomic E-state index is 8.89. The summed E-state index contributed by atoms with van der Waals surface area (Å²) in [6.45, 7) is 1.69. The first-order valence-corrected chi connectivity index (χ1v) is 2.95. The third-order valence-corrected chi connectivity index (χ3v) is 0.1000. The van der Waals surface area contributed by atoms with Crippen molar-refractivity contribution < 1.29 is 30.0 Å². The Balaban J connectivity index is -0.0000000450. The van der Waals surface area contributed by atoms with Gasteiger partial charge in [-0.15, -0.1) is 0 Å². The van der Waals surface area contributed by atoms with E-state index in [0.717, 1.165) is 13.8 Å². The van der Waals surface area contributed by atoms with Crippen LogP contribution in [-0.2, 0) is 9.59 Å². The number of carboxylic acid groups (broad SMARTS) is 2. The SMILES string of the molecule is CC(=O)[O-].CC(=O)[O-].OCCO.[Sr+2]. The summed E-state index contributed by atoms with van der Waals surface area (Å²) in [6.07, 6.45) is 0. The van der Waals surface area contributed by atoms with E-state index in [1.54, 1.807) is 0 Å². The predicted octanol–water partition coefficient (Wildman–Crippen LogP) is -3.90. The van der Waals surface area contributed by atoms with Gasteiger partial charge in [0.05, 0.1) is 13.2 Å². The molecule has 13 heavy (non-hydrogen) atoms. The minimum atomic E-state index is -1.08. The smallest absolute Gasteiger partial charge is 0.550 e. The van der Waals surface area contributed by atoms with Crippen molar-refractivity contribution in [1.29, 1.82) is 0 Å². The Morgan fingerprint density at radius 2 is 1.08 bits per heavy atom. The van der Waals surface area contributed by atoms with E-state index in [2.05, 4.69) is 0 Å². The Hall–Kier alpha value is 0.341. The molecule has 0 saturated heterocycles. The molecule has 0 aromatic heterocycles. The molecule has 74 valence electrons. The van der Waals surface area contributed by atoms with Crippen molar-refractivity contribution in [1.82, 2.24) is 0 Å². The normalized spacial score (nSPS) is 6.15. The molecule has 0 heterocycles. The molecular formula is C6H12O6Sr. The number of rotatable bonds is 1. The van der Waals surface area contributed by atoms with E-state index in [1.165, 1.54) is 0 Å². The fourth-order valence-electron chi connectivity index (χ4n) is 0. The number of carbonyl (C=O) groups excluding carboxylic acids is 2. The zero-order valence-corrected chi connectivity index (χ0v) is 11.1. The first-order chi connectivity index (χ1) is 5.38. The second-order valence-corrected chi connectivity index (χ2v) is 1.43. The van der Waals surface area contributed by atoms with E-state index < -0.39 is 11.9 Å². The van der Waals surface area contributed by atoms with E-state index in [9.17, 15) is 0 Å². The molecule has 7 heteroatoms. The minimum Gasteiger partial charge on any atom is -0.550 e. The number of aliphatic hydroxyl groups is 2. The summed E-state index contributed by atoms with van der Waals surface area (Å²) < 4.78 is 0. The van der Waals surface area contributed by atoms with Crippen molar-refractivity contribution in [3.05, 3.63) is 0 Å². The quantitative estimate of drug-likeness (QED) is 0.469. The van der Waals surface area contributed by atoms with Gasteiger partial charge in [0.2, 0.25) is 0 Å². The van der Waals surface area contributed by atoms with Gasteiger partial charge in [-0.2, -0.15) is 0 Å². The van der Waals surface area contributed by atoms with Crippen LogP contribution in [0.15, 0.2) is 0 Å². The molecular weight excluding hydrogens is 256 g/mol. The summed E-state index contributed by atoms with van der Waals surface area (Å²) in [7, 11) is 0. The predicted molar refractivity (Wildman–Crippen MR) is 41.3 cm³/mol. The van der Waals surface area contributed by atoms with Gasteiger partial charge < -0.3 is 30.0 Å². The molecule has 0 aromatic carbocycles. The molecule has 0 fully saturated rings. The molecule has 2 N–H and O–H groups in total. The second kappa shape index (κ2) is 22.8. The van der Waals surface area contributed by atoms with Crippen LogP contribution in [0.4, 0.5) is 0 Å². The number of carboxylic acids is 2. The zero-order valence-electron chi connectivity index (χ0n) is 7.65. The van der Waals surface area contributed by atoms with E-state index in [1.807, 2.05) is 0 Å². The Morgan fingerprint density at radius 1 is 1.00 bits per heavy atom. The molecule has 0 aromatic rings. The fraction of sp³-hybridized carbons (Fsp3) is 0.667. The number of hydrogen-bond donors (Lipinski definition) is 2. The van der Waals surface area contributed by atoms with Gasteiger partial charge in [-0.25, -0.2) is 0 Å². The Bertz CT molecular complexity index is 93.7. The molecule has 0 aliphatic rings. The van der Waals surface area contributed by atoms with Crippen molar-refractivity contribution in [2.45, 2.75) is 13.8 Å². The molecule has 0 amide bonds. The van der Waals surface area contributed by atoms with Gasteiger partial charge in [0, 0.05) is 11.9 Å². The molecule has 0 rings (SSSR count). The van der Waals surface area contributed by atoms with Crippen LogP contribution in [0.5, 0.6) is 0 Å². The standard InChI is InChI=1S/2C2H4O2.C2H6O2.Sr/c2*1-2(3)4;3-1-2-4;/h2*1H3,(H,3,4);3-4H,1-2H2;/q;;;+2/p-2. The van der Waals surface area contributed by atoms with Gasteiger partial charge in [-0.1, -0.05) is 0 Å². The maximum atomic E-state index is 8.89. The van der Waals surface area contributed by atoms with Crippen LogP contribution in [-0.4, -0.2) is 80.8 Å². The molecule has 0 saturated carbocycles. The molecule has 0 unspecified atom stereocenters. The number of aliphatic carboxylic acids is 2. The summed E-state index contributed by atoms with van der Waals surface area (Å²) in [4.78, 5) is 17.8. The zero-order chi connectivity index (χ0) is 10.6. The fourth-order valence-corrected chi connectivity index (χ4v) is 0. The van der Waals surface area contributed by atoms with Crippen LogP contribution in [0, 0.1) is 0 Å². The number of aliphatic hydroxyl groups excluding tert-OH is 2. The summed E-state index contributed by atoms with van der Waals surface area (Å²) in [5.41, 5.74) is 0. The van der Waals surface area contributed by atoms with E-state index >= 15 is 0 Å². The third kappa shape index (κ3) is 734. The molecule has 0 aliphatic carbocycles. The largest absolute Gasteiger partial charge is 2.00 e. The molecule has 0 aliphatic heterocycles. The molecule has 0 bridgehead atoms. The van der Waals surface area contributed by atoms with Crippen molar-refractivity contribution in [2.24, 2.45) is 0 Å². The van der Waals surface area contributed by atoms with Crippen LogP contribution >= 0.6 is 0 Å². The van der Waals surface area contributed by atoms with Crippen molar-refractivity contribution in [3.63, 3.8) is 0 Å². The van der Waals surface area contributed by atoms with Crippen molar-refractivity contribution in [3.8, 4) is 0 Å². The molecule has 0 atom stereocenters. The monoisotopic (exact) mass is 268 g/mol. The van der Waals surface area contributed by atoms with Crippen LogP contribution in [0.3, 0.4) is 0 Å². The van der Waals surface area contributed by atoms with E-state index in [0.29, 0.717) is 0 Å². The van der Waals surface area contributed by atoms with E-state index in [-0.39, 0.29) is 58.7 Å². The van der Waals surface area contributed by atoms with E-state index in [4.69, 9.17) is 30.0 Å². The van der Waals surface area contributed by atoms with Crippen LogP contribution in [0.2, 0.25) is 0 Å². The summed E-state index contributed by atoms with van der Waals surface area (Å²) in [5, 5.41) is 33.0. The minimum absolute atomic E-state index is 0. The van der Waals surface area contributed by atoms with Crippen LogP contribution < -0.4 is 10.2 Å². The Labute approximate surface area is 113 Å². The first kappa shape index (κ1) is 23.3. The van der Waals surface area contributed by atoms with Gasteiger partial charge in [-0.3, -0.25) is 0 Å². The van der Waals surface area contributed by atoms with Crippen LogP contribution in [0.25, 0.3) is 0 Å². The number of carbonyl (C=O) groups is 2. The summed E-state index contributed by atoms with van der Waals surface area (Å²) >= 11 is 0. The van der Waals surface area contributed by atoms with Crippen molar-refractivity contribution >= 4 is 57.4 Å². The summed E-state index contributed by atoms with van der Waals surface area (Å²) in [5.74, 6) is -2.17. The van der Waals surface area contributed by atoms with Gasteiger partial charge >= 0.3 is 45.5 Å². The topological polar surface area (TPSA) is 121 Å². The van der Waals surface area contributed by atoms with Crippen molar-refractivity contribution in [2.75, 3.05) is 13.2 Å². The first-order valence-electron chi connectivity index (χ1n) is 2.95. The molecule has 0 radical (unpaired) electrons. The van der Waals surface area contributed by atoms with Gasteiger partial charge in [0.1, 0.15) is 0 Å². The van der Waals surface area contributed by atoms with Gasteiger partial charge in [0.15, 0.2) is 0 Å². The maximum Gasteiger partial charge on any atom is 2.00 e. The average molecular weight is 268 g/mol. The molecule has 0 spiro atoms. The van der Waals surface area contributed by atoms with Crippen LogP contribution in [0.1, 0.15) is 13.8 Å². The average Bonchev–Trinajstić information content (AvgIpc) is 1.85.